The van der Waals surface area contributed by atoms with Gasteiger partial charge in [-0.3, -0.25) is 4.79 Å². The summed E-state index contributed by atoms with van der Waals surface area (Å²) < 4.78 is 46.8. The molecule has 1 aliphatic rings. The monoisotopic (exact) mass is 503 g/mol. The van der Waals surface area contributed by atoms with Gasteiger partial charge in [0.25, 0.3) is 0 Å². The number of morpholine rings is 1. The highest BCUT2D eigenvalue weighted by atomic mass is 35.5. The van der Waals surface area contributed by atoms with Crippen LogP contribution in [0.25, 0.3) is 11.3 Å². The minimum absolute atomic E-state index is 0.00614. The number of nitrogens with one attached hydrogen (secondary N) is 2. The van der Waals surface area contributed by atoms with E-state index in [1.165, 1.54) is 18.2 Å². The number of nitrogens with zero attached hydrogens (tertiary/aromatic N) is 3. The van der Waals surface area contributed by atoms with E-state index in [1.54, 1.807) is 6.07 Å². The number of amides is 1. The van der Waals surface area contributed by atoms with Gasteiger partial charge in [0, 0.05) is 41.9 Å². The predicted octanol–water partition coefficient (Wildman–Crippen LogP) is 5.52. The third-order valence-electron chi connectivity index (χ3n) is 5.25. The van der Waals surface area contributed by atoms with Crippen LogP contribution < -0.4 is 15.5 Å². The fourth-order valence-corrected chi connectivity index (χ4v) is 3.77. The highest BCUT2D eigenvalue weighted by Gasteiger charge is 2.36. The first-order valence-electron chi connectivity index (χ1n) is 10.6. The number of anilines is 4. The normalized spacial score (nSPS) is 13.9. The molecule has 0 radical (unpaired) electrons. The van der Waals surface area contributed by atoms with Gasteiger partial charge >= 0.3 is 6.18 Å². The van der Waals surface area contributed by atoms with Crippen molar-refractivity contribution in [3.63, 3.8) is 0 Å². The van der Waals surface area contributed by atoms with Crippen molar-refractivity contribution in [1.82, 2.24) is 9.97 Å². The van der Waals surface area contributed by atoms with Gasteiger partial charge in [-0.25, -0.2) is 9.97 Å². The molecular formula is C24H21ClF3N5O2. The van der Waals surface area contributed by atoms with E-state index in [4.69, 9.17) is 16.3 Å². The van der Waals surface area contributed by atoms with E-state index in [9.17, 15) is 18.0 Å². The number of aromatic nitrogens is 2. The number of carbonyl (C=O) groups excluding carboxylic acids is 1. The molecule has 1 aliphatic heterocycles. The molecule has 11 heteroatoms. The van der Waals surface area contributed by atoms with Crippen LogP contribution in [0.5, 0.6) is 0 Å². The van der Waals surface area contributed by atoms with Crippen LogP contribution in [0.3, 0.4) is 0 Å². The van der Waals surface area contributed by atoms with Crippen LogP contribution in [0.2, 0.25) is 5.02 Å². The average molecular weight is 504 g/mol. The number of hydrogen-bond donors (Lipinski definition) is 2. The molecule has 0 unspecified atom stereocenters. The fraction of sp³-hybridized carbons (Fsp3) is 0.208. The molecule has 7 nitrogen and oxygen atoms in total. The summed E-state index contributed by atoms with van der Waals surface area (Å²) >= 11 is 6.25. The minimum Gasteiger partial charge on any atom is -0.378 e. The van der Waals surface area contributed by atoms with Crippen LogP contribution in [-0.2, 0) is 15.7 Å². The second kappa shape index (κ2) is 10.3. The summed E-state index contributed by atoms with van der Waals surface area (Å²) in [6.45, 7) is 6.08. The largest absolute Gasteiger partial charge is 0.419 e. The van der Waals surface area contributed by atoms with Crippen molar-refractivity contribution in [2.24, 2.45) is 0 Å². The van der Waals surface area contributed by atoms with Gasteiger partial charge in [-0.2, -0.15) is 13.2 Å². The van der Waals surface area contributed by atoms with Crippen LogP contribution in [0.4, 0.5) is 36.2 Å². The van der Waals surface area contributed by atoms with Gasteiger partial charge in [-0.15, -0.1) is 0 Å². The third-order valence-corrected chi connectivity index (χ3v) is 5.58. The molecule has 0 aliphatic carbocycles. The van der Waals surface area contributed by atoms with Crippen molar-refractivity contribution in [3.05, 3.63) is 71.9 Å². The van der Waals surface area contributed by atoms with Crippen molar-refractivity contribution in [2.75, 3.05) is 41.8 Å². The molecule has 3 aromatic rings. The second-order valence-electron chi connectivity index (χ2n) is 7.62. The Kier molecular flexibility index (Phi) is 7.23. The topological polar surface area (TPSA) is 79.4 Å². The molecule has 1 saturated heterocycles. The van der Waals surface area contributed by atoms with E-state index in [0.717, 1.165) is 24.9 Å². The number of alkyl halides is 3. The van der Waals surface area contributed by atoms with Gasteiger partial charge in [-0.05, 0) is 42.5 Å². The smallest absolute Gasteiger partial charge is 0.378 e. The minimum atomic E-state index is -4.73. The van der Waals surface area contributed by atoms with Gasteiger partial charge in [0.1, 0.15) is 5.56 Å². The highest BCUT2D eigenvalue weighted by molar-refractivity contribution is 6.33. The Labute approximate surface area is 204 Å². The predicted molar refractivity (Wildman–Crippen MR) is 129 cm³/mol. The third kappa shape index (κ3) is 5.90. The van der Waals surface area contributed by atoms with Gasteiger partial charge in [0.15, 0.2) is 0 Å². The van der Waals surface area contributed by atoms with E-state index >= 15 is 0 Å². The highest BCUT2D eigenvalue weighted by Crippen LogP contribution is 2.39. The molecule has 0 saturated carbocycles. The van der Waals surface area contributed by atoms with Crippen LogP contribution in [0.1, 0.15) is 5.56 Å². The number of rotatable bonds is 6. The van der Waals surface area contributed by atoms with Gasteiger partial charge in [0.05, 0.1) is 23.9 Å². The lowest BCUT2D eigenvalue weighted by atomic mass is 10.1. The van der Waals surface area contributed by atoms with E-state index < -0.39 is 23.3 Å². The van der Waals surface area contributed by atoms with E-state index in [0.29, 0.717) is 25.1 Å². The van der Waals surface area contributed by atoms with Crippen LogP contribution in [0.15, 0.2) is 61.3 Å². The summed E-state index contributed by atoms with van der Waals surface area (Å²) in [5, 5.41) is 5.52. The van der Waals surface area contributed by atoms with Gasteiger partial charge in [-0.1, -0.05) is 24.2 Å². The SMILES string of the molecule is C=CC(=O)Nc1ccc(Cl)c(-c2nc(Nc3cccc(N4CCOCC4)c3)ncc2C(F)(F)F)c1. The zero-order chi connectivity index (χ0) is 25.0. The Morgan fingerprint density at radius 2 is 1.91 bits per heavy atom. The van der Waals surface area contributed by atoms with Crippen LogP contribution in [0, 0.1) is 0 Å². The lowest BCUT2D eigenvalue weighted by Crippen LogP contribution is -2.36. The van der Waals surface area contributed by atoms with Crippen molar-refractivity contribution >= 4 is 40.5 Å². The molecule has 0 spiro atoms. The first-order chi connectivity index (χ1) is 16.7. The van der Waals surface area contributed by atoms with Crippen LogP contribution in [-0.4, -0.2) is 42.2 Å². The molecule has 35 heavy (non-hydrogen) atoms. The van der Waals surface area contributed by atoms with E-state index in [-0.39, 0.29) is 22.2 Å². The number of benzene rings is 2. The maximum absolute atomic E-state index is 13.8. The van der Waals surface area contributed by atoms with Gasteiger partial charge < -0.3 is 20.3 Å². The molecule has 1 fully saturated rings. The molecular weight excluding hydrogens is 483 g/mol. The van der Waals surface area contributed by atoms with Crippen molar-refractivity contribution in [2.45, 2.75) is 6.18 Å². The quantitative estimate of drug-likeness (QED) is 0.431. The standard InChI is InChI=1S/C24H21ClF3N5O2/c1-2-21(34)30-16-6-7-20(25)18(13-16)22-19(24(26,27)28)14-29-23(32-22)31-15-4-3-5-17(12-15)33-8-10-35-11-9-33/h2-7,12-14H,1,8-11H2,(H,30,34)(H,29,31,32). The summed E-state index contributed by atoms with van der Waals surface area (Å²) in [4.78, 5) is 21.8. The van der Waals surface area contributed by atoms with Crippen molar-refractivity contribution < 1.29 is 22.7 Å². The van der Waals surface area contributed by atoms with E-state index in [1.807, 2.05) is 18.2 Å². The summed E-state index contributed by atoms with van der Waals surface area (Å²) in [6.07, 6.45) is -2.97. The average Bonchev–Trinajstić information content (AvgIpc) is 2.85. The van der Waals surface area contributed by atoms with Crippen molar-refractivity contribution in [1.29, 1.82) is 0 Å². The molecule has 1 amide bonds. The number of halogens is 4. The lowest BCUT2D eigenvalue weighted by Gasteiger charge is -2.29. The lowest BCUT2D eigenvalue weighted by molar-refractivity contribution is -0.137. The zero-order valence-corrected chi connectivity index (χ0v) is 19.2. The molecule has 2 aromatic carbocycles. The molecule has 0 atom stereocenters. The summed E-state index contributed by atoms with van der Waals surface area (Å²) in [5.41, 5.74) is 0.317. The molecule has 1 aromatic heterocycles. The second-order valence-corrected chi connectivity index (χ2v) is 8.02. The van der Waals surface area contributed by atoms with Crippen LogP contribution >= 0.6 is 11.6 Å². The Balaban J connectivity index is 1.70. The Hall–Kier alpha value is -3.63. The number of hydrogen-bond acceptors (Lipinski definition) is 6. The first kappa shape index (κ1) is 24.5. The molecule has 2 heterocycles. The summed E-state index contributed by atoms with van der Waals surface area (Å²) in [5.74, 6) is -0.553. The first-order valence-corrected chi connectivity index (χ1v) is 11.0. The maximum atomic E-state index is 13.8. The number of carbonyl (C=O) groups is 1. The van der Waals surface area contributed by atoms with E-state index in [2.05, 4.69) is 32.1 Å². The van der Waals surface area contributed by atoms with Crippen molar-refractivity contribution in [3.8, 4) is 11.3 Å². The molecule has 2 N–H and O–H groups in total. The Bertz CT molecular complexity index is 1250. The Morgan fingerprint density at radius 1 is 1.14 bits per heavy atom. The summed E-state index contributed by atoms with van der Waals surface area (Å²) in [6, 6.07) is 11.6. The Morgan fingerprint density at radius 3 is 2.63 bits per heavy atom. The maximum Gasteiger partial charge on any atom is 0.419 e. The molecule has 182 valence electrons. The fourth-order valence-electron chi connectivity index (χ4n) is 3.56. The number of ether oxygens (including phenoxy) is 1. The van der Waals surface area contributed by atoms with Gasteiger partial charge in [0.2, 0.25) is 11.9 Å². The molecule has 0 bridgehead atoms. The zero-order valence-electron chi connectivity index (χ0n) is 18.4. The molecule has 4 rings (SSSR count). The summed E-state index contributed by atoms with van der Waals surface area (Å²) in [7, 11) is 0.